The highest BCUT2D eigenvalue weighted by Crippen LogP contribution is 2.20. The van der Waals surface area contributed by atoms with Gasteiger partial charge in [0.1, 0.15) is 0 Å². The Morgan fingerprint density at radius 1 is 1.45 bits per heavy atom. The third-order valence-electron chi connectivity index (χ3n) is 3.23. The highest BCUT2D eigenvalue weighted by molar-refractivity contribution is 6.73. The summed E-state index contributed by atoms with van der Waals surface area (Å²) in [4.78, 5) is 2.54. The van der Waals surface area contributed by atoms with E-state index in [4.69, 9.17) is 13.6 Å². The van der Waals surface area contributed by atoms with E-state index in [-0.39, 0.29) is 6.10 Å². The molecule has 0 radical (unpaired) electrons. The Morgan fingerprint density at radius 2 is 2.15 bits per heavy atom. The van der Waals surface area contributed by atoms with Crippen molar-refractivity contribution in [2.24, 2.45) is 0 Å². The van der Waals surface area contributed by atoms with Gasteiger partial charge in [0.05, 0.1) is 19.3 Å². The van der Waals surface area contributed by atoms with Crippen LogP contribution < -0.4 is 0 Å². The molecule has 1 atom stereocenters. The number of hydrogen-bond acceptors (Lipinski definition) is 4. The van der Waals surface area contributed by atoms with E-state index >= 15 is 0 Å². The molecule has 1 unspecified atom stereocenters. The maximum absolute atomic E-state index is 6.24. The summed E-state index contributed by atoms with van der Waals surface area (Å²) < 4.78 is 17.8. The van der Waals surface area contributed by atoms with E-state index in [1.54, 1.807) is 6.08 Å². The summed E-state index contributed by atoms with van der Waals surface area (Å²) in [7, 11) is -3.20. The molecule has 1 aliphatic heterocycles. The van der Waals surface area contributed by atoms with Crippen LogP contribution in [0, 0.1) is 0 Å². The molecular formula is C14H31NO3Si2. The molecule has 118 valence electrons. The Hall–Kier alpha value is 0.0138. The van der Waals surface area contributed by atoms with Gasteiger partial charge in [0.25, 0.3) is 0 Å². The van der Waals surface area contributed by atoms with Gasteiger partial charge >= 0.3 is 0 Å². The lowest BCUT2D eigenvalue weighted by Gasteiger charge is -2.43. The van der Waals surface area contributed by atoms with Crippen molar-refractivity contribution >= 4 is 16.6 Å². The number of ether oxygens (including phenoxy) is 1. The molecule has 1 fully saturated rings. The van der Waals surface area contributed by atoms with E-state index in [1.807, 2.05) is 0 Å². The van der Waals surface area contributed by atoms with Crippen LogP contribution in [-0.2, 0) is 13.6 Å². The molecule has 0 bridgehead atoms. The summed E-state index contributed by atoms with van der Waals surface area (Å²) in [5.74, 6) is 0. The number of rotatable bonds is 8. The molecule has 0 saturated carbocycles. The van der Waals surface area contributed by atoms with Crippen LogP contribution in [0.15, 0.2) is 12.7 Å². The molecule has 6 heteroatoms. The van der Waals surface area contributed by atoms with Gasteiger partial charge in [0, 0.05) is 25.5 Å². The third kappa shape index (κ3) is 6.64. The molecule has 1 saturated heterocycles. The maximum Gasteiger partial charge on any atom is 0.201 e. The van der Waals surface area contributed by atoms with Gasteiger partial charge in [-0.1, -0.05) is 6.08 Å². The first-order chi connectivity index (χ1) is 9.28. The van der Waals surface area contributed by atoms with Crippen molar-refractivity contribution < 1.29 is 13.6 Å². The van der Waals surface area contributed by atoms with Crippen LogP contribution in [0.2, 0.25) is 26.2 Å². The first-order valence-electron chi connectivity index (χ1n) is 7.51. The lowest BCUT2D eigenvalue weighted by Crippen LogP contribution is -2.60. The Balaban J connectivity index is 2.55. The van der Waals surface area contributed by atoms with Crippen molar-refractivity contribution in [2.45, 2.75) is 39.2 Å². The van der Waals surface area contributed by atoms with Crippen LogP contribution in [0.1, 0.15) is 6.92 Å². The van der Waals surface area contributed by atoms with Gasteiger partial charge < -0.3 is 18.5 Å². The lowest BCUT2D eigenvalue weighted by atomic mass is 10.3. The predicted octanol–water partition coefficient (Wildman–Crippen LogP) is 2.41. The van der Waals surface area contributed by atoms with Crippen LogP contribution >= 0.6 is 0 Å². The Labute approximate surface area is 126 Å². The van der Waals surface area contributed by atoms with Gasteiger partial charge in [-0.15, -0.1) is 6.58 Å². The van der Waals surface area contributed by atoms with Gasteiger partial charge in [-0.3, -0.25) is 0 Å². The average molecular weight is 318 g/mol. The van der Waals surface area contributed by atoms with Crippen molar-refractivity contribution in [1.29, 1.82) is 0 Å². The minimum atomic E-state index is -1.61. The zero-order chi connectivity index (χ0) is 15.2. The fraction of sp³-hybridized carbons (Fsp3) is 0.857. The van der Waals surface area contributed by atoms with Crippen LogP contribution in [-0.4, -0.2) is 66.3 Å². The molecule has 0 aromatic heterocycles. The van der Waals surface area contributed by atoms with E-state index in [0.717, 1.165) is 25.5 Å². The number of nitrogens with zero attached hydrogens (tertiary/aromatic N) is 1. The minimum absolute atomic E-state index is 0.191. The van der Waals surface area contributed by atoms with Crippen LogP contribution in [0.4, 0.5) is 0 Å². The zero-order valence-electron chi connectivity index (χ0n) is 13.8. The van der Waals surface area contributed by atoms with E-state index in [0.29, 0.717) is 13.2 Å². The SMILES string of the molecule is C=CCOCC1CN(C[Si](C)(C)OCC)C[Si](C)(C)O1. The molecule has 4 nitrogen and oxygen atoms in total. The number of hydrogen-bond donors (Lipinski definition) is 0. The zero-order valence-corrected chi connectivity index (χ0v) is 15.8. The summed E-state index contributed by atoms with van der Waals surface area (Å²) in [5, 5.41) is 0. The normalized spacial score (nSPS) is 23.8. The molecule has 1 aliphatic rings. The average Bonchev–Trinajstić information content (AvgIpc) is 2.26. The molecule has 0 N–H and O–H groups in total. The standard InChI is InChI=1S/C14H31NO3Si2/c1-7-9-16-11-14-10-15(13-20(5,6)18-14)12-19(3,4)17-8-2/h7,14H,1,8-13H2,2-6H3. The minimum Gasteiger partial charge on any atom is -0.416 e. The maximum atomic E-state index is 6.24. The Bertz CT molecular complexity index is 311. The smallest absolute Gasteiger partial charge is 0.201 e. The molecule has 0 spiro atoms. The molecular weight excluding hydrogens is 286 g/mol. The van der Waals surface area contributed by atoms with Crippen molar-refractivity contribution in [3.8, 4) is 0 Å². The van der Waals surface area contributed by atoms with Crippen LogP contribution in [0.5, 0.6) is 0 Å². The summed E-state index contributed by atoms with van der Waals surface area (Å²) >= 11 is 0. The predicted molar refractivity (Wildman–Crippen MR) is 88.9 cm³/mol. The van der Waals surface area contributed by atoms with Gasteiger partial charge in [-0.05, 0) is 33.1 Å². The van der Waals surface area contributed by atoms with Crippen molar-refractivity contribution in [2.75, 3.05) is 38.7 Å². The van der Waals surface area contributed by atoms with Gasteiger partial charge in [-0.25, -0.2) is 0 Å². The summed E-state index contributed by atoms with van der Waals surface area (Å²) in [6, 6.07) is 0. The second kappa shape index (κ2) is 7.86. The van der Waals surface area contributed by atoms with Crippen molar-refractivity contribution in [3.63, 3.8) is 0 Å². The molecule has 20 heavy (non-hydrogen) atoms. The summed E-state index contributed by atoms with van der Waals surface area (Å²) in [5.41, 5.74) is 0. The van der Waals surface area contributed by atoms with Crippen molar-refractivity contribution in [3.05, 3.63) is 12.7 Å². The molecule has 0 aromatic rings. The molecule has 0 amide bonds. The second-order valence-electron chi connectivity index (χ2n) is 6.69. The molecule has 0 aromatic carbocycles. The van der Waals surface area contributed by atoms with E-state index < -0.39 is 16.6 Å². The van der Waals surface area contributed by atoms with E-state index in [9.17, 15) is 0 Å². The van der Waals surface area contributed by atoms with Crippen LogP contribution in [0.3, 0.4) is 0 Å². The molecule has 1 heterocycles. The van der Waals surface area contributed by atoms with Crippen LogP contribution in [0.25, 0.3) is 0 Å². The van der Waals surface area contributed by atoms with E-state index in [1.165, 1.54) is 0 Å². The summed E-state index contributed by atoms with van der Waals surface area (Å²) in [6.07, 6.45) is 4.15. The first-order valence-corrected chi connectivity index (χ1v) is 13.7. The van der Waals surface area contributed by atoms with E-state index in [2.05, 4.69) is 44.6 Å². The Kier molecular flexibility index (Phi) is 7.10. The Morgan fingerprint density at radius 3 is 2.75 bits per heavy atom. The largest absolute Gasteiger partial charge is 0.416 e. The first kappa shape index (κ1) is 18.1. The monoisotopic (exact) mass is 317 g/mol. The van der Waals surface area contributed by atoms with Crippen molar-refractivity contribution in [1.82, 2.24) is 4.90 Å². The summed E-state index contributed by atoms with van der Waals surface area (Å²) in [6.45, 7) is 18.0. The third-order valence-corrected chi connectivity index (χ3v) is 7.69. The van der Waals surface area contributed by atoms with Gasteiger partial charge in [0.2, 0.25) is 8.32 Å². The topological polar surface area (TPSA) is 30.9 Å². The van der Waals surface area contributed by atoms with Gasteiger partial charge in [0.15, 0.2) is 8.32 Å². The molecule has 0 aliphatic carbocycles. The highest BCUT2D eigenvalue weighted by Gasteiger charge is 2.38. The fourth-order valence-electron chi connectivity index (χ4n) is 2.88. The highest BCUT2D eigenvalue weighted by atomic mass is 28.4. The quantitative estimate of drug-likeness (QED) is 0.391. The second-order valence-corrected chi connectivity index (χ2v) is 14.9. The fourth-order valence-corrected chi connectivity index (χ4v) is 7.73. The molecule has 1 rings (SSSR count). The van der Waals surface area contributed by atoms with Gasteiger partial charge in [-0.2, -0.15) is 0 Å². The lowest BCUT2D eigenvalue weighted by molar-refractivity contribution is 0.0221.